The second-order valence-electron chi connectivity index (χ2n) is 5.54. The van der Waals surface area contributed by atoms with Crippen LogP contribution < -0.4 is 15.8 Å². The first-order valence-corrected chi connectivity index (χ1v) is 7.56. The molecule has 0 bridgehead atoms. The molecule has 0 radical (unpaired) electrons. The monoisotopic (exact) mass is 339 g/mol. The molecule has 2 heterocycles. The molecular weight excluding hydrogens is 322 g/mol. The number of carbonyl (C=O) groups excluding carboxylic acids is 2. The number of primary amides is 1. The van der Waals surface area contributed by atoms with Crippen LogP contribution in [-0.4, -0.2) is 33.2 Å². The largest absolute Gasteiger partial charge is 0.484 e. The number of carbonyl (C=O) groups is 2. The number of aryl methyl sites for hydroxylation is 2. The summed E-state index contributed by atoms with van der Waals surface area (Å²) in [5, 5.41) is 7.97. The highest BCUT2D eigenvalue weighted by Gasteiger charge is 2.11. The van der Waals surface area contributed by atoms with Gasteiger partial charge < -0.3 is 15.8 Å². The van der Waals surface area contributed by atoms with Gasteiger partial charge >= 0.3 is 0 Å². The maximum absolute atomic E-state index is 12.4. The summed E-state index contributed by atoms with van der Waals surface area (Å²) in [6.07, 6.45) is 1.58. The van der Waals surface area contributed by atoms with Gasteiger partial charge in [-0.1, -0.05) is 6.07 Å². The lowest BCUT2D eigenvalue weighted by atomic mass is 10.2. The molecule has 2 aromatic heterocycles. The Balaban J connectivity index is 1.79. The summed E-state index contributed by atoms with van der Waals surface area (Å²) in [7, 11) is 1.82. The second-order valence-corrected chi connectivity index (χ2v) is 5.54. The van der Waals surface area contributed by atoms with E-state index in [0.29, 0.717) is 17.0 Å². The molecule has 128 valence electrons. The molecule has 0 spiro atoms. The van der Waals surface area contributed by atoms with E-state index in [4.69, 9.17) is 10.5 Å². The number of aromatic nitrogens is 3. The highest BCUT2D eigenvalue weighted by Crippen LogP contribution is 2.20. The van der Waals surface area contributed by atoms with Crippen molar-refractivity contribution in [3.05, 3.63) is 47.8 Å². The van der Waals surface area contributed by atoms with Gasteiger partial charge in [0.05, 0.1) is 17.6 Å². The number of nitrogens with one attached hydrogen (secondary N) is 1. The van der Waals surface area contributed by atoms with Crippen molar-refractivity contribution in [3.8, 4) is 5.75 Å². The molecule has 0 aliphatic rings. The van der Waals surface area contributed by atoms with E-state index in [2.05, 4.69) is 15.4 Å². The van der Waals surface area contributed by atoms with E-state index in [0.717, 1.165) is 16.7 Å². The maximum Gasteiger partial charge on any atom is 0.255 e. The molecule has 0 aliphatic heterocycles. The highest BCUT2D eigenvalue weighted by molar-refractivity contribution is 6.05. The highest BCUT2D eigenvalue weighted by atomic mass is 16.5. The van der Waals surface area contributed by atoms with Crippen LogP contribution in [0.1, 0.15) is 16.1 Å². The van der Waals surface area contributed by atoms with E-state index in [9.17, 15) is 9.59 Å². The number of anilines is 1. The van der Waals surface area contributed by atoms with Crippen molar-refractivity contribution >= 4 is 28.5 Å². The molecule has 8 heteroatoms. The predicted molar refractivity (Wildman–Crippen MR) is 92.3 cm³/mol. The van der Waals surface area contributed by atoms with Crippen LogP contribution >= 0.6 is 0 Å². The van der Waals surface area contributed by atoms with Gasteiger partial charge in [-0.25, -0.2) is 4.98 Å². The quantitative estimate of drug-likeness (QED) is 0.729. The minimum absolute atomic E-state index is 0.244. The molecule has 0 fully saturated rings. The Morgan fingerprint density at radius 1 is 1.32 bits per heavy atom. The van der Waals surface area contributed by atoms with Crippen molar-refractivity contribution in [3.63, 3.8) is 0 Å². The number of nitrogens with two attached hydrogens (primary N) is 1. The molecule has 3 N–H and O–H groups in total. The lowest BCUT2D eigenvalue weighted by molar-refractivity contribution is -0.119. The van der Waals surface area contributed by atoms with Crippen LogP contribution in [0.2, 0.25) is 0 Å². The van der Waals surface area contributed by atoms with Gasteiger partial charge in [0.15, 0.2) is 12.3 Å². The van der Waals surface area contributed by atoms with E-state index < -0.39 is 5.91 Å². The van der Waals surface area contributed by atoms with Crippen molar-refractivity contribution in [2.45, 2.75) is 6.92 Å². The van der Waals surface area contributed by atoms with Crippen LogP contribution in [-0.2, 0) is 11.8 Å². The van der Waals surface area contributed by atoms with Crippen LogP contribution in [0, 0.1) is 6.92 Å². The Morgan fingerprint density at radius 2 is 2.12 bits per heavy atom. The molecule has 2 amide bonds. The second kappa shape index (κ2) is 6.60. The first-order chi connectivity index (χ1) is 11.9. The van der Waals surface area contributed by atoms with Gasteiger partial charge in [-0.05, 0) is 31.2 Å². The van der Waals surface area contributed by atoms with Gasteiger partial charge in [0, 0.05) is 18.0 Å². The van der Waals surface area contributed by atoms with Crippen molar-refractivity contribution < 1.29 is 14.3 Å². The number of fused-ring (bicyclic) bond motifs is 1. The summed E-state index contributed by atoms with van der Waals surface area (Å²) in [6, 6.07) is 8.33. The van der Waals surface area contributed by atoms with Gasteiger partial charge in [-0.3, -0.25) is 14.3 Å². The van der Waals surface area contributed by atoms with E-state index in [-0.39, 0.29) is 12.5 Å². The van der Waals surface area contributed by atoms with Crippen molar-refractivity contribution in [2.75, 3.05) is 11.9 Å². The average molecular weight is 339 g/mol. The SMILES string of the molecule is Cc1nn(C)c2ncc(NC(=O)c3cccc(OCC(N)=O)c3)cc12. The normalized spacial score (nSPS) is 10.6. The fourth-order valence-corrected chi connectivity index (χ4v) is 2.46. The molecule has 8 nitrogen and oxygen atoms in total. The maximum atomic E-state index is 12.4. The van der Waals surface area contributed by atoms with E-state index in [1.807, 2.05) is 20.0 Å². The number of benzene rings is 1. The molecule has 3 aromatic rings. The number of ether oxygens (including phenoxy) is 1. The summed E-state index contributed by atoms with van der Waals surface area (Å²) in [5.74, 6) is -0.503. The fraction of sp³-hybridized carbons (Fsp3) is 0.176. The van der Waals surface area contributed by atoms with Crippen LogP contribution in [0.4, 0.5) is 5.69 Å². The minimum Gasteiger partial charge on any atom is -0.484 e. The van der Waals surface area contributed by atoms with Crippen LogP contribution in [0.3, 0.4) is 0 Å². The van der Waals surface area contributed by atoms with E-state index in [1.54, 1.807) is 35.1 Å². The lowest BCUT2D eigenvalue weighted by Crippen LogP contribution is -2.20. The molecule has 0 saturated carbocycles. The van der Waals surface area contributed by atoms with Crippen molar-refractivity contribution in [1.29, 1.82) is 0 Å². The third-order valence-corrected chi connectivity index (χ3v) is 3.60. The Kier molecular flexibility index (Phi) is 4.34. The predicted octanol–water partition coefficient (Wildman–Crippen LogP) is 1.39. The average Bonchev–Trinajstić information content (AvgIpc) is 2.87. The standard InChI is InChI=1S/C17H17N5O3/c1-10-14-7-12(8-19-16(14)22(2)21-10)20-17(24)11-4-3-5-13(6-11)25-9-15(18)23/h3-8H,9H2,1-2H3,(H2,18,23)(H,20,24). The number of nitrogens with zero attached hydrogens (tertiary/aromatic N) is 3. The van der Waals surface area contributed by atoms with Crippen LogP contribution in [0.25, 0.3) is 11.0 Å². The molecule has 3 rings (SSSR count). The Bertz CT molecular complexity index is 964. The number of rotatable bonds is 5. The first-order valence-electron chi connectivity index (χ1n) is 7.56. The number of pyridine rings is 1. The molecule has 0 saturated heterocycles. The number of hydrogen-bond acceptors (Lipinski definition) is 5. The third kappa shape index (κ3) is 3.57. The Hall–Kier alpha value is -3.42. The third-order valence-electron chi connectivity index (χ3n) is 3.60. The zero-order valence-electron chi connectivity index (χ0n) is 13.8. The number of hydrogen-bond donors (Lipinski definition) is 2. The van der Waals surface area contributed by atoms with Gasteiger partial charge in [0.25, 0.3) is 11.8 Å². The van der Waals surface area contributed by atoms with Gasteiger partial charge in [-0.15, -0.1) is 0 Å². The summed E-state index contributed by atoms with van der Waals surface area (Å²) in [6.45, 7) is 1.64. The molecular formula is C17H17N5O3. The smallest absolute Gasteiger partial charge is 0.255 e. The lowest BCUT2D eigenvalue weighted by Gasteiger charge is -2.08. The molecule has 0 aliphatic carbocycles. The minimum atomic E-state index is -0.582. The summed E-state index contributed by atoms with van der Waals surface area (Å²) in [5.41, 5.74) is 7.59. The molecule has 25 heavy (non-hydrogen) atoms. The van der Waals surface area contributed by atoms with Crippen molar-refractivity contribution in [1.82, 2.24) is 14.8 Å². The molecule has 0 unspecified atom stereocenters. The van der Waals surface area contributed by atoms with Gasteiger partial charge in [-0.2, -0.15) is 5.10 Å². The zero-order valence-corrected chi connectivity index (χ0v) is 13.8. The first kappa shape index (κ1) is 16.4. The fourth-order valence-electron chi connectivity index (χ4n) is 2.46. The topological polar surface area (TPSA) is 112 Å². The van der Waals surface area contributed by atoms with Crippen LogP contribution in [0.5, 0.6) is 5.75 Å². The van der Waals surface area contributed by atoms with E-state index >= 15 is 0 Å². The zero-order chi connectivity index (χ0) is 18.0. The Morgan fingerprint density at radius 3 is 2.88 bits per heavy atom. The van der Waals surface area contributed by atoms with Crippen LogP contribution in [0.15, 0.2) is 36.5 Å². The number of amides is 2. The summed E-state index contributed by atoms with van der Waals surface area (Å²) < 4.78 is 6.90. The van der Waals surface area contributed by atoms with Gasteiger partial charge in [0.1, 0.15) is 5.75 Å². The van der Waals surface area contributed by atoms with Gasteiger partial charge in [0.2, 0.25) is 0 Å². The molecule has 0 atom stereocenters. The van der Waals surface area contributed by atoms with Crippen molar-refractivity contribution in [2.24, 2.45) is 12.8 Å². The summed E-state index contributed by atoms with van der Waals surface area (Å²) in [4.78, 5) is 27.5. The summed E-state index contributed by atoms with van der Waals surface area (Å²) >= 11 is 0. The van der Waals surface area contributed by atoms with E-state index in [1.165, 1.54) is 0 Å². The molecule has 1 aromatic carbocycles. The Labute approximate surface area is 143 Å².